The van der Waals surface area contributed by atoms with Crippen LogP contribution in [0.5, 0.6) is 11.5 Å². The summed E-state index contributed by atoms with van der Waals surface area (Å²) >= 11 is 6.10. The lowest BCUT2D eigenvalue weighted by atomic mass is 10.2. The maximum atomic E-state index is 11.3. The molecule has 0 radical (unpaired) electrons. The van der Waals surface area contributed by atoms with Gasteiger partial charge in [-0.2, -0.15) is 0 Å². The quantitative estimate of drug-likeness (QED) is 0.853. The Kier molecular flexibility index (Phi) is 3.81. The zero-order valence-corrected chi connectivity index (χ0v) is 10.9. The van der Waals surface area contributed by atoms with Crippen molar-refractivity contribution in [2.45, 2.75) is 13.0 Å². The highest BCUT2D eigenvalue weighted by atomic mass is 35.5. The number of esters is 1. The molecule has 0 aromatic heterocycles. The third-order valence-electron chi connectivity index (χ3n) is 2.56. The molecule has 18 heavy (non-hydrogen) atoms. The lowest BCUT2D eigenvalue weighted by Gasteiger charge is -2.21. The van der Waals surface area contributed by atoms with Crippen LogP contribution in [0, 0.1) is 0 Å². The fraction of sp³-hybridized carbons (Fsp3) is 0.417. The van der Waals surface area contributed by atoms with Gasteiger partial charge in [-0.1, -0.05) is 11.6 Å². The number of rotatable bonds is 3. The van der Waals surface area contributed by atoms with Crippen LogP contribution in [0.2, 0.25) is 5.02 Å². The van der Waals surface area contributed by atoms with Crippen molar-refractivity contribution < 1.29 is 19.0 Å². The SMILES string of the molecule is COC(=O)C(C)Nc1cc2c(cc1Cl)OCCO2. The summed E-state index contributed by atoms with van der Waals surface area (Å²) in [5.41, 5.74) is 0.610. The van der Waals surface area contributed by atoms with E-state index in [1.54, 1.807) is 19.1 Å². The van der Waals surface area contributed by atoms with Gasteiger partial charge in [0.15, 0.2) is 11.5 Å². The van der Waals surface area contributed by atoms with Crippen molar-refractivity contribution in [1.29, 1.82) is 0 Å². The van der Waals surface area contributed by atoms with E-state index in [4.69, 9.17) is 21.1 Å². The van der Waals surface area contributed by atoms with Crippen molar-refractivity contribution in [2.24, 2.45) is 0 Å². The van der Waals surface area contributed by atoms with E-state index in [0.717, 1.165) is 0 Å². The van der Waals surface area contributed by atoms with Gasteiger partial charge in [0.05, 0.1) is 17.8 Å². The molecule has 98 valence electrons. The summed E-state index contributed by atoms with van der Waals surface area (Å²) < 4.78 is 15.5. The number of benzene rings is 1. The number of methoxy groups -OCH3 is 1. The molecule has 0 spiro atoms. The normalized spacial score (nSPS) is 14.8. The Balaban J connectivity index is 2.20. The minimum atomic E-state index is -0.491. The molecular formula is C12H14ClNO4. The van der Waals surface area contributed by atoms with Gasteiger partial charge in [-0.15, -0.1) is 0 Å². The zero-order chi connectivity index (χ0) is 13.1. The van der Waals surface area contributed by atoms with Gasteiger partial charge in [0.2, 0.25) is 0 Å². The molecule has 1 aromatic carbocycles. The van der Waals surface area contributed by atoms with E-state index >= 15 is 0 Å². The van der Waals surface area contributed by atoms with Crippen LogP contribution >= 0.6 is 11.6 Å². The zero-order valence-electron chi connectivity index (χ0n) is 10.2. The Morgan fingerprint density at radius 3 is 2.61 bits per heavy atom. The molecule has 0 aliphatic carbocycles. The molecule has 1 heterocycles. The molecule has 5 nitrogen and oxygen atoms in total. The summed E-state index contributed by atoms with van der Waals surface area (Å²) in [4.78, 5) is 11.3. The molecule has 1 N–H and O–H groups in total. The summed E-state index contributed by atoms with van der Waals surface area (Å²) in [6.45, 7) is 2.70. The predicted molar refractivity (Wildman–Crippen MR) is 67.5 cm³/mol. The Morgan fingerprint density at radius 1 is 1.39 bits per heavy atom. The van der Waals surface area contributed by atoms with E-state index in [2.05, 4.69) is 10.1 Å². The number of carbonyl (C=O) groups excluding carboxylic acids is 1. The van der Waals surface area contributed by atoms with Crippen molar-refractivity contribution in [3.63, 3.8) is 0 Å². The molecule has 1 aliphatic rings. The summed E-state index contributed by atoms with van der Waals surface area (Å²) in [7, 11) is 1.34. The highest BCUT2D eigenvalue weighted by Crippen LogP contribution is 2.38. The minimum absolute atomic E-state index is 0.360. The van der Waals surface area contributed by atoms with Crippen molar-refractivity contribution in [3.05, 3.63) is 17.2 Å². The Morgan fingerprint density at radius 2 is 2.00 bits per heavy atom. The van der Waals surface area contributed by atoms with Gasteiger partial charge in [0, 0.05) is 12.1 Å². The number of carbonyl (C=O) groups is 1. The average Bonchev–Trinajstić information content (AvgIpc) is 2.38. The van der Waals surface area contributed by atoms with Crippen LogP contribution in [0.3, 0.4) is 0 Å². The fourth-order valence-corrected chi connectivity index (χ4v) is 1.85. The van der Waals surface area contributed by atoms with E-state index in [1.165, 1.54) is 7.11 Å². The van der Waals surface area contributed by atoms with E-state index < -0.39 is 6.04 Å². The first kappa shape index (κ1) is 12.8. The maximum absolute atomic E-state index is 11.3. The molecule has 0 fully saturated rings. The summed E-state index contributed by atoms with van der Waals surface area (Å²) in [6.07, 6.45) is 0. The molecule has 1 unspecified atom stereocenters. The van der Waals surface area contributed by atoms with Gasteiger partial charge in [-0.25, -0.2) is 4.79 Å². The predicted octanol–water partition coefficient (Wildman–Crippen LogP) is 2.08. The molecule has 1 aliphatic heterocycles. The van der Waals surface area contributed by atoms with Crippen molar-refractivity contribution in [3.8, 4) is 11.5 Å². The van der Waals surface area contributed by atoms with Crippen LogP contribution in [0.4, 0.5) is 5.69 Å². The van der Waals surface area contributed by atoms with Crippen molar-refractivity contribution in [1.82, 2.24) is 0 Å². The monoisotopic (exact) mass is 271 g/mol. The number of hydrogen-bond donors (Lipinski definition) is 1. The van der Waals surface area contributed by atoms with Gasteiger partial charge >= 0.3 is 5.97 Å². The average molecular weight is 272 g/mol. The molecule has 0 saturated carbocycles. The van der Waals surface area contributed by atoms with E-state index in [0.29, 0.717) is 35.4 Å². The van der Waals surface area contributed by atoms with Gasteiger partial charge in [0.1, 0.15) is 19.3 Å². The molecule has 1 atom stereocenters. The maximum Gasteiger partial charge on any atom is 0.327 e. The molecule has 0 bridgehead atoms. The Labute approximate surface area is 110 Å². The second kappa shape index (κ2) is 5.35. The lowest BCUT2D eigenvalue weighted by molar-refractivity contribution is -0.141. The summed E-state index contributed by atoms with van der Waals surface area (Å²) in [6, 6.07) is 2.90. The van der Waals surface area contributed by atoms with Crippen molar-refractivity contribution >= 4 is 23.3 Å². The van der Waals surface area contributed by atoms with Gasteiger partial charge in [0.25, 0.3) is 0 Å². The minimum Gasteiger partial charge on any atom is -0.486 e. The second-order valence-corrected chi connectivity index (χ2v) is 4.27. The molecule has 0 saturated heterocycles. The first-order chi connectivity index (χ1) is 8.61. The van der Waals surface area contributed by atoms with Gasteiger partial charge in [-0.3, -0.25) is 0 Å². The Bertz CT molecular complexity index is 464. The molecule has 6 heteroatoms. The third kappa shape index (κ3) is 2.61. The largest absolute Gasteiger partial charge is 0.486 e. The topological polar surface area (TPSA) is 56.8 Å². The summed E-state index contributed by atoms with van der Waals surface area (Å²) in [5.74, 6) is 0.869. The third-order valence-corrected chi connectivity index (χ3v) is 2.87. The van der Waals surface area contributed by atoms with Gasteiger partial charge < -0.3 is 19.5 Å². The molecule has 0 amide bonds. The Hall–Kier alpha value is -1.62. The standard InChI is InChI=1S/C12H14ClNO4/c1-7(12(15)16-2)14-9-6-11-10(5-8(9)13)17-3-4-18-11/h5-7,14H,3-4H2,1-2H3. The van der Waals surface area contributed by atoms with Crippen LogP contribution in [0.1, 0.15) is 6.92 Å². The first-order valence-corrected chi connectivity index (χ1v) is 5.93. The van der Waals surface area contributed by atoms with E-state index in [-0.39, 0.29) is 5.97 Å². The van der Waals surface area contributed by atoms with Crippen LogP contribution in [-0.2, 0) is 9.53 Å². The number of fused-ring (bicyclic) bond motifs is 1. The number of nitrogens with one attached hydrogen (secondary N) is 1. The van der Waals surface area contributed by atoms with Gasteiger partial charge in [-0.05, 0) is 6.92 Å². The molecule has 1 aromatic rings. The highest BCUT2D eigenvalue weighted by molar-refractivity contribution is 6.33. The van der Waals surface area contributed by atoms with Crippen LogP contribution in [0.25, 0.3) is 0 Å². The second-order valence-electron chi connectivity index (χ2n) is 3.86. The molecule has 2 rings (SSSR count). The van der Waals surface area contributed by atoms with Crippen LogP contribution in [-0.4, -0.2) is 32.3 Å². The van der Waals surface area contributed by atoms with Crippen LogP contribution in [0.15, 0.2) is 12.1 Å². The van der Waals surface area contributed by atoms with Crippen molar-refractivity contribution in [2.75, 3.05) is 25.6 Å². The van der Waals surface area contributed by atoms with E-state index in [1.807, 2.05) is 0 Å². The number of halogens is 1. The smallest absolute Gasteiger partial charge is 0.327 e. The summed E-state index contributed by atoms with van der Waals surface area (Å²) in [5, 5.41) is 3.44. The number of ether oxygens (including phenoxy) is 3. The van der Waals surface area contributed by atoms with E-state index in [9.17, 15) is 4.79 Å². The number of hydrogen-bond acceptors (Lipinski definition) is 5. The fourth-order valence-electron chi connectivity index (χ4n) is 1.64. The number of anilines is 1. The van der Waals surface area contributed by atoms with Crippen LogP contribution < -0.4 is 14.8 Å². The molecular weight excluding hydrogens is 258 g/mol. The first-order valence-electron chi connectivity index (χ1n) is 5.55. The lowest BCUT2D eigenvalue weighted by Crippen LogP contribution is -2.27. The highest BCUT2D eigenvalue weighted by Gasteiger charge is 2.18.